The average Bonchev–Trinajstić information content (AvgIpc) is 2.74. The van der Waals surface area contributed by atoms with Crippen LogP contribution in [0.2, 0.25) is 0 Å². The van der Waals surface area contributed by atoms with E-state index in [-0.39, 0.29) is 0 Å². The standard InChI is InChI=1S/C18H32N2/c1-17-10-8-14-12(13(17)5-6-15(17)19)4-7-16-18(14,2)9-3-11-20-16/h12-16,20H,3-11,19H2,1-2H3/t12-,13-,14-,15-,16+,17-,18+/m0/s1. The Morgan fingerprint density at radius 3 is 2.55 bits per heavy atom. The van der Waals surface area contributed by atoms with Crippen LogP contribution < -0.4 is 11.1 Å². The maximum atomic E-state index is 6.50. The van der Waals surface area contributed by atoms with Gasteiger partial charge in [-0.25, -0.2) is 0 Å². The summed E-state index contributed by atoms with van der Waals surface area (Å²) in [5, 5.41) is 3.85. The maximum Gasteiger partial charge on any atom is 0.0124 e. The Morgan fingerprint density at radius 2 is 1.70 bits per heavy atom. The molecule has 0 radical (unpaired) electrons. The van der Waals surface area contributed by atoms with Gasteiger partial charge in [0.15, 0.2) is 0 Å². The second-order valence-electron chi connectivity index (χ2n) is 8.80. The van der Waals surface area contributed by atoms with Gasteiger partial charge in [0.2, 0.25) is 0 Å². The molecule has 4 aliphatic rings. The molecule has 4 rings (SSSR count). The van der Waals surface area contributed by atoms with E-state index < -0.39 is 0 Å². The molecule has 2 nitrogen and oxygen atoms in total. The first-order chi connectivity index (χ1) is 9.56. The first kappa shape index (κ1) is 13.6. The third-order valence-corrected chi connectivity index (χ3v) is 8.23. The van der Waals surface area contributed by atoms with E-state index >= 15 is 0 Å². The van der Waals surface area contributed by atoms with Gasteiger partial charge in [-0.3, -0.25) is 0 Å². The summed E-state index contributed by atoms with van der Waals surface area (Å²) in [6, 6.07) is 1.28. The maximum absolute atomic E-state index is 6.50. The zero-order chi connectivity index (χ0) is 14.0. The molecule has 0 amide bonds. The SMILES string of the molecule is C[C@]12CCCN[C@@H]1CC[C@@H]1[C@@H]2CC[C@]2(C)[C@@H](N)CC[C@@H]12. The highest BCUT2D eigenvalue weighted by atomic mass is 15.0. The number of fused-ring (bicyclic) bond motifs is 5. The number of hydrogen-bond acceptors (Lipinski definition) is 2. The van der Waals surface area contributed by atoms with E-state index in [1.165, 1.54) is 57.9 Å². The summed E-state index contributed by atoms with van der Waals surface area (Å²) in [5.74, 6) is 2.87. The van der Waals surface area contributed by atoms with E-state index in [1.807, 2.05) is 0 Å². The normalized spacial score (nSPS) is 58.6. The quantitative estimate of drug-likeness (QED) is 0.712. The van der Waals surface area contributed by atoms with Gasteiger partial charge in [-0.15, -0.1) is 0 Å². The molecule has 7 atom stereocenters. The molecule has 0 spiro atoms. The van der Waals surface area contributed by atoms with Gasteiger partial charge in [-0.05, 0) is 86.5 Å². The largest absolute Gasteiger partial charge is 0.327 e. The molecule has 3 N–H and O–H groups in total. The molecule has 1 saturated heterocycles. The minimum atomic E-state index is 0.465. The minimum absolute atomic E-state index is 0.465. The Hall–Kier alpha value is -0.0800. The van der Waals surface area contributed by atoms with Gasteiger partial charge in [-0.2, -0.15) is 0 Å². The number of rotatable bonds is 0. The predicted octanol–water partition coefficient (Wildman–Crippen LogP) is 3.31. The monoisotopic (exact) mass is 276 g/mol. The van der Waals surface area contributed by atoms with Crippen LogP contribution in [0.4, 0.5) is 0 Å². The van der Waals surface area contributed by atoms with Crippen LogP contribution in [0.1, 0.15) is 65.2 Å². The van der Waals surface area contributed by atoms with Crippen molar-refractivity contribution in [3.8, 4) is 0 Å². The Morgan fingerprint density at radius 1 is 0.900 bits per heavy atom. The fourth-order valence-electron chi connectivity index (χ4n) is 6.94. The Balaban J connectivity index is 1.64. The highest BCUT2D eigenvalue weighted by Crippen LogP contribution is 2.63. The Kier molecular flexibility index (Phi) is 3.03. The van der Waals surface area contributed by atoms with Crippen molar-refractivity contribution in [1.29, 1.82) is 0 Å². The van der Waals surface area contributed by atoms with Gasteiger partial charge in [0.1, 0.15) is 0 Å². The molecule has 3 aliphatic carbocycles. The molecule has 4 fully saturated rings. The van der Waals surface area contributed by atoms with Gasteiger partial charge >= 0.3 is 0 Å². The van der Waals surface area contributed by atoms with E-state index in [1.54, 1.807) is 0 Å². The summed E-state index contributed by atoms with van der Waals surface area (Å²) in [6.45, 7) is 6.38. The van der Waals surface area contributed by atoms with E-state index in [2.05, 4.69) is 19.2 Å². The van der Waals surface area contributed by atoms with Crippen molar-refractivity contribution in [3.05, 3.63) is 0 Å². The van der Waals surface area contributed by atoms with Crippen molar-refractivity contribution in [2.75, 3.05) is 6.54 Å². The molecule has 0 unspecified atom stereocenters. The lowest BCUT2D eigenvalue weighted by Crippen LogP contribution is -2.60. The molecule has 3 saturated carbocycles. The number of hydrogen-bond donors (Lipinski definition) is 2. The first-order valence-corrected chi connectivity index (χ1v) is 9.05. The fraction of sp³-hybridized carbons (Fsp3) is 1.00. The predicted molar refractivity (Wildman–Crippen MR) is 83.4 cm³/mol. The zero-order valence-electron chi connectivity index (χ0n) is 13.3. The highest BCUT2D eigenvalue weighted by molar-refractivity contribution is 5.11. The molecule has 1 heterocycles. The second kappa shape index (κ2) is 4.46. The van der Waals surface area contributed by atoms with Crippen LogP contribution in [0.3, 0.4) is 0 Å². The lowest BCUT2D eigenvalue weighted by molar-refractivity contribution is -0.0874. The number of nitrogens with two attached hydrogens (primary N) is 1. The second-order valence-corrected chi connectivity index (χ2v) is 8.80. The van der Waals surface area contributed by atoms with Crippen molar-refractivity contribution in [3.63, 3.8) is 0 Å². The lowest BCUT2D eigenvalue weighted by atomic mass is 9.47. The first-order valence-electron chi connectivity index (χ1n) is 9.05. The highest BCUT2D eigenvalue weighted by Gasteiger charge is 2.59. The summed E-state index contributed by atoms with van der Waals surface area (Å²) < 4.78 is 0. The summed E-state index contributed by atoms with van der Waals surface area (Å²) in [4.78, 5) is 0. The smallest absolute Gasteiger partial charge is 0.0124 e. The summed E-state index contributed by atoms with van der Waals surface area (Å²) in [6.07, 6.45) is 11.3. The summed E-state index contributed by atoms with van der Waals surface area (Å²) >= 11 is 0. The average molecular weight is 276 g/mol. The topological polar surface area (TPSA) is 38.0 Å². The minimum Gasteiger partial charge on any atom is -0.327 e. The molecule has 1 aliphatic heterocycles. The zero-order valence-corrected chi connectivity index (χ0v) is 13.3. The molecule has 2 heteroatoms. The fourth-order valence-corrected chi connectivity index (χ4v) is 6.94. The molecule has 20 heavy (non-hydrogen) atoms. The van der Waals surface area contributed by atoms with Gasteiger partial charge in [0, 0.05) is 12.1 Å². The van der Waals surface area contributed by atoms with Gasteiger partial charge in [0.05, 0.1) is 0 Å². The van der Waals surface area contributed by atoms with Crippen molar-refractivity contribution >= 4 is 0 Å². The molecular weight excluding hydrogens is 244 g/mol. The van der Waals surface area contributed by atoms with Gasteiger partial charge in [-0.1, -0.05) is 13.8 Å². The number of nitrogens with one attached hydrogen (secondary N) is 1. The third-order valence-electron chi connectivity index (χ3n) is 8.23. The van der Waals surface area contributed by atoms with Crippen molar-refractivity contribution in [2.45, 2.75) is 77.3 Å². The van der Waals surface area contributed by atoms with Gasteiger partial charge in [0.25, 0.3) is 0 Å². The van der Waals surface area contributed by atoms with Crippen LogP contribution in [0.5, 0.6) is 0 Å². The molecule has 0 aromatic heterocycles. The number of piperidine rings is 1. The third kappa shape index (κ3) is 1.64. The van der Waals surface area contributed by atoms with Crippen LogP contribution in [-0.4, -0.2) is 18.6 Å². The summed E-state index contributed by atoms with van der Waals surface area (Å²) in [5.41, 5.74) is 7.54. The van der Waals surface area contributed by atoms with Crippen molar-refractivity contribution < 1.29 is 0 Å². The molecular formula is C18H32N2. The van der Waals surface area contributed by atoms with E-state index in [9.17, 15) is 0 Å². The van der Waals surface area contributed by atoms with Crippen LogP contribution in [0, 0.1) is 28.6 Å². The molecule has 0 bridgehead atoms. The Labute approximate surface area is 124 Å². The molecule has 0 aromatic carbocycles. The van der Waals surface area contributed by atoms with Crippen LogP contribution in [-0.2, 0) is 0 Å². The van der Waals surface area contributed by atoms with Crippen molar-refractivity contribution in [2.24, 2.45) is 34.3 Å². The molecule has 0 aromatic rings. The molecule has 114 valence electrons. The lowest BCUT2D eigenvalue weighted by Gasteiger charge is -2.60. The van der Waals surface area contributed by atoms with Crippen LogP contribution in [0.25, 0.3) is 0 Å². The van der Waals surface area contributed by atoms with E-state index in [0.29, 0.717) is 16.9 Å². The Bertz CT molecular complexity index is 395. The van der Waals surface area contributed by atoms with Gasteiger partial charge < -0.3 is 11.1 Å². The van der Waals surface area contributed by atoms with Crippen molar-refractivity contribution in [1.82, 2.24) is 5.32 Å². The van der Waals surface area contributed by atoms with E-state index in [4.69, 9.17) is 5.73 Å². The van der Waals surface area contributed by atoms with Crippen LogP contribution in [0.15, 0.2) is 0 Å². The van der Waals surface area contributed by atoms with Crippen LogP contribution >= 0.6 is 0 Å². The van der Waals surface area contributed by atoms with E-state index in [0.717, 1.165) is 23.8 Å². The summed E-state index contributed by atoms with van der Waals surface area (Å²) in [7, 11) is 0.